The summed E-state index contributed by atoms with van der Waals surface area (Å²) in [7, 11) is 0. The van der Waals surface area contributed by atoms with Gasteiger partial charge in [-0.25, -0.2) is 0 Å². The van der Waals surface area contributed by atoms with Gasteiger partial charge in [-0.2, -0.15) is 0 Å². The van der Waals surface area contributed by atoms with Gasteiger partial charge in [0.1, 0.15) is 0 Å². The second-order valence-electron chi connectivity index (χ2n) is 4.05. The Hall–Kier alpha value is -2.09. The zero-order valence-electron chi connectivity index (χ0n) is 10.4. The van der Waals surface area contributed by atoms with E-state index in [1.165, 1.54) is 4.68 Å². The first kappa shape index (κ1) is 12.9. The Balaban J connectivity index is 1.83. The molecule has 0 radical (unpaired) electrons. The van der Waals surface area contributed by atoms with Gasteiger partial charge in [-0.05, 0) is 0 Å². The van der Waals surface area contributed by atoms with Crippen molar-refractivity contribution >= 4 is 37.6 Å². The van der Waals surface area contributed by atoms with Gasteiger partial charge >= 0.3 is 120 Å². The molecule has 2 aromatic heterocycles. The Morgan fingerprint density at radius 1 is 1.40 bits per heavy atom. The SMILES string of the molecule is NCCn1cc(C(=O)Nc2cccc3n[se]nc23)nn1. The second kappa shape index (κ2) is 5.49. The number of amides is 1. The third kappa shape index (κ3) is 2.46. The third-order valence-corrected chi connectivity index (χ3v) is 3.80. The Morgan fingerprint density at radius 2 is 2.30 bits per heavy atom. The van der Waals surface area contributed by atoms with Crippen LogP contribution in [0.4, 0.5) is 5.69 Å². The number of anilines is 1. The van der Waals surface area contributed by atoms with E-state index >= 15 is 0 Å². The number of aromatic nitrogens is 5. The van der Waals surface area contributed by atoms with Crippen molar-refractivity contribution in [2.75, 3.05) is 11.9 Å². The average Bonchev–Trinajstić information content (AvgIpc) is 3.08. The fraction of sp³-hybridized carbons (Fsp3) is 0.182. The van der Waals surface area contributed by atoms with Crippen molar-refractivity contribution in [2.24, 2.45) is 5.73 Å². The number of hydrogen-bond donors (Lipinski definition) is 2. The minimum absolute atomic E-state index is 0.132. The van der Waals surface area contributed by atoms with E-state index in [1.807, 2.05) is 12.1 Å². The molecule has 0 aliphatic heterocycles. The van der Waals surface area contributed by atoms with Gasteiger partial charge in [0.2, 0.25) is 0 Å². The van der Waals surface area contributed by atoms with Crippen molar-refractivity contribution < 1.29 is 4.79 Å². The fourth-order valence-corrected chi connectivity index (χ4v) is 2.89. The van der Waals surface area contributed by atoms with Crippen LogP contribution in [0.2, 0.25) is 0 Å². The first-order valence-corrected chi connectivity index (χ1v) is 7.44. The Kier molecular flexibility index (Phi) is 3.55. The molecule has 1 aromatic carbocycles. The zero-order chi connectivity index (χ0) is 13.9. The number of nitrogens with one attached hydrogen (secondary N) is 1. The number of nitrogens with two attached hydrogens (primary N) is 1. The van der Waals surface area contributed by atoms with Crippen LogP contribution in [0.1, 0.15) is 10.5 Å². The van der Waals surface area contributed by atoms with Crippen molar-refractivity contribution in [3.05, 3.63) is 30.1 Å². The molecule has 2 heterocycles. The molecule has 0 spiro atoms. The number of fused-ring (bicyclic) bond motifs is 1. The molecule has 0 bridgehead atoms. The van der Waals surface area contributed by atoms with Crippen LogP contribution in [0.3, 0.4) is 0 Å². The van der Waals surface area contributed by atoms with Crippen LogP contribution in [0.5, 0.6) is 0 Å². The number of carbonyl (C=O) groups excluding carboxylic acids is 1. The minimum atomic E-state index is -0.323. The summed E-state index contributed by atoms with van der Waals surface area (Å²) in [5.74, 6) is -0.323. The molecule has 0 saturated carbocycles. The Labute approximate surface area is 120 Å². The van der Waals surface area contributed by atoms with E-state index in [-0.39, 0.29) is 26.6 Å². The summed E-state index contributed by atoms with van der Waals surface area (Å²) < 4.78 is 10.1. The molecule has 0 aliphatic carbocycles. The predicted octanol–water partition coefficient (Wildman–Crippen LogP) is -0.511. The molecule has 3 aromatic rings. The van der Waals surface area contributed by atoms with E-state index in [0.29, 0.717) is 18.8 Å². The van der Waals surface area contributed by atoms with Crippen LogP contribution in [0.25, 0.3) is 11.0 Å². The van der Waals surface area contributed by atoms with E-state index < -0.39 is 0 Å². The maximum atomic E-state index is 12.1. The third-order valence-electron chi connectivity index (χ3n) is 2.66. The molecular weight excluding hydrogens is 325 g/mol. The van der Waals surface area contributed by atoms with Crippen molar-refractivity contribution in [3.8, 4) is 0 Å². The number of hydrogen-bond acceptors (Lipinski definition) is 6. The van der Waals surface area contributed by atoms with Gasteiger partial charge in [0.15, 0.2) is 0 Å². The molecule has 0 atom stereocenters. The van der Waals surface area contributed by atoms with Crippen LogP contribution >= 0.6 is 0 Å². The summed E-state index contributed by atoms with van der Waals surface area (Å²) in [4.78, 5) is 12.1. The van der Waals surface area contributed by atoms with Gasteiger partial charge in [0.25, 0.3) is 0 Å². The van der Waals surface area contributed by atoms with Crippen molar-refractivity contribution in [1.29, 1.82) is 0 Å². The quantitative estimate of drug-likeness (QED) is 0.621. The molecule has 0 fully saturated rings. The first-order chi connectivity index (χ1) is 9.78. The zero-order valence-corrected chi connectivity index (χ0v) is 12.1. The van der Waals surface area contributed by atoms with E-state index in [2.05, 4.69) is 23.6 Å². The normalized spacial score (nSPS) is 10.8. The molecule has 3 rings (SSSR count). The average molecular weight is 336 g/mol. The van der Waals surface area contributed by atoms with Crippen LogP contribution in [0.15, 0.2) is 24.4 Å². The molecular formula is C11H11N7OSe. The Morgan fingerprint density at radius 3 is 3.15 bits per heavy atom. The van der Waals surface area contributed by atoms with E-state index in [1.54, 1.807) is 12.3 Å². The van der Waals surface area contributed by atoms with Crippen molar-refractivity contribution in [3.63, 3.8) is 0 Å². The molecule has 0 unspecified atom stereocenters. The van der Waals surface area contributed by atoms with Gasteiger partial charge in [0, 0.05) is 0 Å². The van der Waals surface area contributed by atoms with E-state index in [4.69, 9.17) is 5.73 Å². The number of carbonyl (C=O) groups is 1. The summed E-state index contributed by atoms with van der Waals surface area (Å²) in [6, 6.07) is 5.50. The van der Waals surface area contributed by atoms with Gasteiger partial charge in [-0.15, -0.1) is 0 Å². The molecule has 0 aliphatic rings. The summed E-state index contributed by atoms with van der Waals surface area (Å²) in [5, 5.41) is 10.4. The number of benzene rings is 1. The molecule has 1 amide bonds. The molecule has 0 saturated heterocycles. The standard InChI is InChI=1S/C11H11N7OSe/c12-4-5-18-6-9(14-17-18)11(19)13-7-2-1-3-8-10(7)16-20-15-8/h1-3,6H,4-5,12H2,(H,13,19). The monoisotopic (exact) mass is 337 g/mol. The van der Waals surface area contributed by atoms with E-state index in [9.17, 15) is 4.79 Å². The molecule has 102 valence electrons. The van der Waals surface area contributed by atoms with Crippen LogP contribution in [-0.2, 0) is 6.54 Å². The van der Waals surface area contributed by atoms with Crippen LogP contribution in [-0.4, -0.2) is 50.4 Å². The van der Waals surface area contributed by atoms with Crippen LogP contribution < -0.4 is 11.1 Å². The van der Waals surface area contributed by atoms with Gasteiger partial charge in [-0.3, -0.25) is 0 Å². The number of nitrogens with zero attached hydrogens (tertiary/aromatic N) is 5. The molecule has 3 N–H and O–H groups in total. The topological polar surface area (TPSA) is 112 Å². The van der Waals surface area contributed by atoms with Gasteiger partial charge < -0.3 is 0 Å². The number of rotatable bonds is 4. The van der Waals surface area contributed by atoms with Crippen molar-refractivity contribution in [1.82, 2.24) is 23.0 Å². The first-order valence-electron chi connectivity index (χ1n) is 5.91. The molecule has 20 heavy (non-hydrogen) atoms. The summed E-state index contributed by atoms with van der Waals surface area (Å²) in [5.41, 5.74) is 7.86. The van der Waals surface area contributed by atoms with Gasteiger partial charge in [0.05, 0.1) is 0 Å². The summed E-state index contributed by atoms with van der Waals surface area (Å²) in [6.45, 7) is 0.969. The van der Waals surface area contributed by atoms with Crippen LogP contribution in [0, 0.1) is 0 Å². The summed E-state index contributed by atoms with van der Waals surface area (Å²) >= 11 is -0.132. The molecule has 9 heteroatoms. The van der Waals surface area contributed by atoms with E-state index in [0.717, 1.165) is 11.0 Å². The van der Waals surface area contributed by atoms with Crippen molar-refractivity contribution in [2.45, 2.75) is 6.54 Å². The summed E-state index contributed by atoms with van der Waals surface area (Å²) in [6.07, 6.45) is 1.57. The Bertz CT molecular complexity index is 750. The second-order valence-corrected chi connectivity index (χ2v) is 5.16. The molecule has 8 nitrogen and oxygen atoms in total. The van der Waals surface area contributed by atoms with Gasteiger partial charge in [-0.1, -0.05) is 0 Å². The maximum absolute atomic E-state index is 12.1. The fourth-order valence-electron chi connectivity index (χ4n) is 1.74. The predicted molar refractivity (Wildman–Crippen MR) is 73.5 cm³/mol.